The van der Waals surface area contributed by atoms with Gasteiger partial charge in [0.05, 0.1) is 4.83 Å². The number of carbonyl (C=O) groups is 4. The Morgan fingerprint density at radius 1 is 0.975 bits per heavy atom. The van der Waals surface area contributed by atoms with Gasteiger partial charge in [-0.25, -0.2) is 4.79 Å². The number of fused-ring (bicyclic) bond motifs is 1. The van der Waals surface area contributed by atoms with Crippen LogP contribution in [-0.2, 0) is 23.9 Å². The number of benzene rings is 3. The quantitative estimate of drug-likeness (QED) is 0.158. The Hall–Kier alpha value is -3.89. The summed E-state index contributed by atoms with van der Waals surface area (Å²) < 4.78 is 11.5. The lowest BCUT2D eigenvalue weighted by molar-refractivity contribution is -0.154. The molecule has 8 nitrogen and oxygen atoms in total. The van der Waals surface area contributed by atoms with Crippen LogP contribution in [0.4, 0.5) is 0 Å². The zero-order valence-electron chi connectivity index (χ0n) is 21.1. The van der Waals surface area contributed by atoms with Crippen molar-refractivity contribution in [2.45, 2.75) is 22.3 Å². The van der Waals surface area contributed by atoms with Crippen molar-refractivity contribution in [3.05, 3.63) is 113 Å². The van der Waals surface area contributed by atoms with Crippen molar-refractivity contribution in [2.75, 3.05) is 12.4 Å². The summed E-state index contributed by atoms with van der Waals surface area (Å²) in [6.45, 7) is -0.258. The summed E-state index contributed by atoms with van der Waals surface area (Å²) in [6.07, 6.45) is -0.0662. The third-order valence-electron chi connectivity index (χ3n) is 6.50. The Labute approximate surface area is 243 Å². The van der Waals surface area contributed by atoms with Crippen LogP contribution in [0.2, 0.25) is 0 Å². The molecule has 3 atom stereocenters. The SMILES string of the molecule is O=CC(Br)C1=C(C(=O)OC(c2ccccc2)c2ccccc2)N2C(=O)C(NC(=O)COc3ccccc3)C2SC1. The number of amides is 2. The molecule has 2 aliphatic heterocycles. The van der Waals surface area contributed by atoms with Gasteiger partial charge in [0.2, 0.25) is 0 Å². The topological polar surface area (TPSA) is 102 Å². The fourth-order valence-corrected chi connectivity index (χ4v) is 6.55. The predicted molar refractivity (Wildman–Crippen MR) is 154 cm³/mol. The van der Waals surface area contributed by atoms with Crippen molar-refractivity contribution in [3.63, 3.8) is 0 Å². The minimum absolute atomic E-state index is 0.0191. The molecule has 0 saturated carbocycles. The summed E-state index contributed by atoms with van der Waals surface area (Å²) in [5.41, 5.74) is 1.97. The molecule has 0 aliphatic carbocycles. The molecule has 1 saturated heterocycles. The van der Waals surface area contributed by atoms with Gasteiger partial charge in [-0.05, 0) is 28.8 Å². The first-order chi connectivity index (χ1) is 19.5. The number of rotatable bonds is 10. The standard InChI is InChI=1S/C30H25BrN2O6S/c31-23(16-34)22-18-40-29-25(32-24(35)17-38-21-14-8-3-9-15-21)28(36)33(29)26(22)30(37)39-27(19-10-4-1-5-11-19)20-12-6-2-7-13-20/h1-16,23,25,27,29H,17-18H2,(H,32,35). The van der Waals surface area contributed by atoms with E-state index in [9.17, 15) is 19.2 Å². The Morgan fingerprint density at radius 2 is 1.55 bits per heavy atom. The van der Waals surface area contributed by atoms with E-state index in [1.165, 1.54) is 16.7 Å². The van der Waals surface area contributed by atoms with Crippen LogP contribution in [0, 0.1) is 0 Å². The van der Waals surface area contributed by atoms with Gasteiger partial charge < -0.3 is 19.6 Å². The highest BCUT2D eigenvalue weighted by molar-refractivity contribution is 9.10. The number of β-lactam (4-membered cyclic amide) rings is 1. The fourth-order valence-electron chi connectivity index (χ4n) is 4.55. The fraction of sp³-hybridized carbons (Fsp3) is 0.200. The second-order valence-corrected chi connectivity index (χ2v) is 11.2. The van der Waals surface area contributed by atoms with Gasteiger partial charge in [0.1, 0.15) is 29.1 Å². The molecule has 204 valence electrons. The summed E-state index contributed by atoms with van der Waals surface area (Å²) in [5.74, 6) is -0.818. The maximum atomic E-state index is 13.8. The predicted octanol–water partition coefficient (Wildman–Crippen LogP) is 4.01. The maximum Gasteiger partial charge on any atom is 0.356 e. The van der Waals surface area contributed by atoms with Crippen molar-refractivity contribution in [1.29, 1.82) is 0 Å². The number of halogens is 1. The van der Waals surface area contributed by atoms with Crippen molar-refractivity contribution >= 4 is 51.8 Å². The van der Waals surface area contributed by atoms with Crippen LogP contribution in [0.25, 0.3) is 0 Å². The second-order valence-electron chi connectivity index (χ2n) is 9.08. The van der Waals surface area contributed by atoms with Crippen LogP contribution in [0.1, 0.15) is 17.2 Å². The molecule has 2 amide bonds. The number of nitrogens with zero attached hydrogens (tertiary/aromatic N) is 1. The van der Waals surface area contributed by atoms with Crippen LogP contribution in [0.3, 0.4) is 0 Å². The highest BCUT2D eigenvalue weighted by atomic mass is 79.9. The number of para-hydroxylation sites is 1. The Morgan fingerprint density at radius 3 is 2.12 bits per heavy atom. The molecule has 2 heterocycles. The smallest absolute Gasteiger partial charge is 0.356 e. The van der Waals surface area contributed by atoms with E-state index in [0.717, 1.165) is 11.1 Å². The molecule has 3 aromatic carbocycles. The summed E-state index contributed by atoms with van der Waals surface area (Å²) in [6, 6.07) is 26.6. The summed E-state index contributed by atoms with van der Waals surface area (Å²) in [5, 5.41) is 2.18. The average Bonchev–Trinajstić information content (AvgIpc) is 3.01. The van der Waals surface area contributed by atoms with Gasteiger partial charge in [0.25, 0.3) is 11.8 Å². The third-order valence-corrected chi connectivity index (χ3v) is 8.57. The molecule has 1 fully saturated rings. The van der Waals surface area contributed by atoms with Gasteiger partial charge in [-0.2, -0.15) is 0 Å². The van der Waals surface area contributed by atoms with E-state index in [-0.39, 0.29) is 12.3 Å². The lowest BCUT2D eigenvalue weighted by atomic mass is 10.00. The van der Waals surface area contributed by atoms with E-state index >= 15 is 0 Å². The largest absolute Gasteiger partial charge is 0.484 e. The van der Waals surface area contributed by atoms with Crippen LogP contribution in [0.15, 0.2) is 102 Å². The molecule has 10 heteroatoms. The van der Waals surface area contributed by atoms with Crippen molar-refractivity contribution in [3.8, 4) is 5.75 Å². The molecule has 3 aromatic rings. The lowest BCUT2D eigenvalue weighted by Gasteiger charge is -2.50. The first-order valence-electron chi connectivity index (χ1n) is 12.5. The first-order valence-corrected chi connectivity index (χ1v) is 14.5. The monoisotopic (exact) mass is 620 g/mol. The average molecular weight is 622 g/mol. The first kappa shape index (κ1) is 27.7. The zero-order chi connectivity index (χ0) is 28.1. The number of aldehydes is 1. The Balaban J connectivity index is 1.36. The molecule has 1 N–H and O–H groups in total. The van der Waals surface area contributed by atoms with E-state index in [4.69, 9.17) is 9.47 Å². The van der Waals surface area contributed by atoms with Crippen LogP contribution in [-0.4, -0.2) is 57.6 Å². The van der Waals surface area contributed by atoms with Gasteiger partial charge in [-0.3, -0.25) is 14.5 Å². The molecule has 0 spiro atoms. The molecular formula is C30H25BrN2O6S. The van der Waals surface area contributed by atoms with E-state index in [1.54, 1.807) is 24.3 Å². The lowest BCUT2D eigenvalue weighted by Crippen LogP contribution is -2.71. The molecule has 2 aliphatic rings. The number of carbonyl (C=O) groups excluding carboxylic acids is 4. The third kappa shape index (κ3) is 5.83. The molecule has 5 rings (SSSR count). The number of esters is 1. The number of thioether (sulfide) groups is 1. The van der Waals surface area contributed by atoms with E-state index in [0.29, 0.717) is 23.4 Å². The molecular weight excluding hydrogens is 596 g/mol. The number of hydrogen-bond donors (Lipinski definition) is 1. The second kappa shape index (κ2) is 12.5. The van der Waals surface area contributed by atoms with Gasteiger partial charge >= 0.3 is 5.97 Å². The molecule has 40 heavy (non-hydrogen) atoms. The van der Waals surface area contributed by atoms with Gasteiger partial charge in [0.15, 0.2) is 12.7 Å². The summed E-state index contributed by atoms with van der Waals surface area (Å²) >= 11 is 4.68. The van der Waals surface area contributed by atoms with Crippen molar-refractivity contribution in [2.24, 2.45) is 0 Å². The van der Waals surface area contributed by atoms with Crippen LogP contribution in [0.5, 0.6) is 5.75 Å². The van der Waals surface area contributed by atoms with Crippen LogP contribution >= 0.6 is 27.7 Å². The van der Waals surface area contributed by atoms with Crippen molar-refractivity contribution < 1.29 is 28.7 Å². The van der Waals surface area contributed by atoms with Crippen LogP contribution < -0.4 is 10.1 Å². The Kier molecular flexibility index (Phi) is 8.66. The van der Waals surface area contributed by atoms with E-state index in [1.807, 2.05) is 66.7 Å². The number of nitrogens with one attached hydrogen (secondary N) is 1. The highest BCUT2D eigenvalue weighted by Crippen LogP contribution is 2.43. The number of ether oxygens (including phenoxy) is 2. The Bertz CT molecular complexity index is 1380. The van der Waals surface area contributed by atoms with E-state index in [2.05, 4.69) is 21.2 Å². The minimum atomic E-state index is -0.842. The number of alkyl halides is 1. The molecule has 0 aromatic heterocycles. The summed E-state index contributed by atoms with van der Waals surface area (Å²) in [7, 11) is 0. The molecule has 0 radical (unpaired) electrons. The normalized spacial score (nSPS) is 18.9. The van der Waals surface area contributed by atoms with E-state index < -0.39 is 40.1 Å². The summed E-state index contributed by atoms with van der Waals surface area (Å²) in [4.78, 5) is 51.9. The molecule has 0 bridgehead atoms. The maximum absolute atomic E-state index is 13.8. The minimum Gasteiger partial charge on any atom is -0.484 e. The van der Waals surface area contributed by atoms with Gasteiger partial charge in [0, 0.05) is 5.75 Å². The molecule has 3 unspecified atom stereocenters. The number of hydrogen-bond acceptors (Lipinski definition) is 7. The van der Waals surface area contributed by atoms with Gasteiger partial charge in [-0.15, -0.1) is 11.8 Å². The van der Waals surface area contributed by atoms with Crippen molar-refractivity contribution in [1.82, 2.24) is 10.2 Å². The highest BCUT2D eigenvalue weighted by Gasteiger charge is 2.55. The zero-order valence-corrected chi connectivity index (χ0v) is 23.5. The van der Waals surface area contributed by atoms with Gasteiger partial charge in [-0.1, -0.05) is 94.8 Å².